The molecule has 0 bridgehead atoms. The predicted molar refractivity (Wildman–Crippen MR) is 90.7 cm³/mol. The van der Waals surface area contributed by atoms with Crippen molar-refractivity contribution in [3.63, 3.8) is 0 Å². The number of aromatic nitrogens is 4. The molecule has 1 saturated heterocycles. The highest BCUT2D eigenvalue weighted by molar-refractivity contribution is 7.72. The molecule has 0 spiro atoms. The Bertz CT molecular complexity index is 899. The standard InChI is InChI=1S/C12H19N5O7P2/c1-25(19,20)6-26(21,22)23-3-7-2-8(18)12(24-7)17-5-16-9-10(13)14-4-15-11(9)17/h4-5,7-8,12,18H,2-3,6H2,1H3,(H,19,20)(H,21,22)(H2,13,14,15)/t7-,8?,12+/m0/s1. The number of imidazole rings is 1. The van der Waals surface area contributed by atoms with E-state index in [4.69, 9.17) is 15.0 Å². The summed E-state index contributed by atoms with van der Waals surface area (Å²) < 4.78 is 35.2. The van der Waals surface area contributed by atoms with E-state index >= 15 is 0 Å². The molecule has 5 atom stereocenters. The second-order valence-corrected chi connectivity index (χ2v) is 10.9. The number of nitrogens with two attached hydrogens (primary N) is 1. The van der Waals surface area contributed by atoms with Crippen LogP contribution in [0.4, 0.5) is 5.82 Å². The molecular weight excluding hydrogens is 388 g/mol. The lowest BCUT2D eigenvalue weighted by Crippen LogP contribution is -2.19. The molecule has 0 aliphatic carbocycles. The highest BCUT2D eigenvalue weighted by atomic mass is 31.2. The molecule has 0 aromatic carbocycles. The normalized spacial score (nSPS) is 28.1. The number of nitrogen functional groups attached to an aromatic ring is 1. The quantitative estimate of drug-likeness (QED) is 0.477. The van der Waals surface area contributed by atoms with Crippen molar-refractivity contribution in [3.05, 3.63) is 12.7 Å². The summed E-state index contributed by atoms with van der Waals surface area (Å²) in [6.07, 6.45) is 0.331. The maximum absolute atomic E-state index is 11.8. The topological polar surface area (TPSA) is 183 Å². The van der Waals surface area contributed by atoms with Crippen LogP contribution >= 0.6 is 15.0 Å². The van der Waals surface area contributed by atoms with Crippen molar-refractivity contribution >= 4 is 31.9 Å². The van der Waals surface area contributed by atoms with Gasteiger partial charge in [0.05, 0.1) is 19.0 Å². The van der Waals surface area contributed by atoms with Gasteiger partial charge in [0.15, 0.2) is 17.7 Å². The van der Waals surface area contributed by atoms with Gasteiger partial charge < -0.3 is 29.9 Å². The van der Waals surface area contributed by atoms with E-state index in [0.29, 0.717) is 11.2 Å². The largest absolute Gasteiger partial charge is 0.388 e. The summed E-state index contributed by atoms with van der Waals surface area (Å²) in [5.74, 6) is -0.656. The first-order chi connectivity index (χ1) is 12.1. The summed E-state index contributed by atoms with van der Waals surface area (Å²) in [4.78, 5) is 30.9. The van der Waals surface area contributed by atoms with Crippen LogP contribution in [0.15, 0.2) is 12.7 Å². The van der Waals surface area contributed by atoms with Crippen molar-refractivity contribution in [1.82, 2.24) is 19.5 Å². The Kier molecular flexibility index (Phi) is 5.19. The molecule has 14 heteroatoms. The second kappa shape index (κ2) is 6.97. The van der Waals surface area contributed by atoms with Gasteiger partial charge in [-0.05, 0) is 0 Å². The molecule has 0 saturated carbocycles. The van der Waals surface area contributed by atoms with Gasteiger partial charge >= 0.3 is 7.60 Å². The monoisotopic (exact) mass is 407 g/mol. The number of fused-ring (bicyclic) bond motifs is 1. The highest BCUT2D eigenvalue weighted by Gasteiger charge is 2.38. The number of hydrogen-bond donors (Lipinski definition) is 4. The fourth-order valence-corrected chi connectivity index (χ4v) is 6.09. The average molecular weight is 407 g/mol. The van der Waals surface area contributed by atoms with Crippen molar-refractivity contribution in [1.29, 1.82) is 0 Å². The Labute approximate surface area is 148 Å². The van der Waals surface area contributed by atoms with Gasteiger partial charge in [-0.15, -0.1) is 0 Å². The summed E-state index contributed by atoms with van der Waals surface area (Å²) in [6.45, 7) is 0.661. The molecule has 5 N–H and O–H groups in total. The zero-order valence-electron chi connectivity index (χ0n) is 13.7. The minimum atomic E-state index is -4.24. The van der Waals surface area contributed by atoms with Crippen LogP contribution in [-0.2, 0) is 18.4 Å². The number of anilines is 1. The summed E-state index contributed by atoms with van der Waals surface area (Å²) in [7, 11) is -7.95. The van der Waals surface area contributed by atoms with Gasteiger partial charge in [-0.25, -0.2) is 15.0 Å². The molecule has 3 heterocycles. The van der Waals surface area contributed by atoms with Crippen molar-refractivity contribution in [2.45, 2.75) is 24.9 Å². The minimum absolute atomic E-state index is 0.133. The SMILES string of the molecule is CP(=O)(O)CP(=O)(O)OC[C@@H]1CC(O)[C@H](n2cnc3c(N)ncnc32)O1. The molecule has 2 aromatic heterocycles. The van der Waals surface area contributed by atoms with Crippen LogP contribution in [-0.4, -0.2) is 65.8 Å². The maximum atomic E-state index is 11.8. The zero-order chi connectivity index (χ0) is 19.1. The zero-order valence-corrected chi connectivity index (χ0v) is 15.5. The van der Waals surface area contributed by atoms with Crippen LogP contribution in [0.25, 0.3) is 11.2 Å². The summed E-state index contributed by atoms with van der Waals surface area (Å²) in [5, 5.41) is 10.3. The van der Waals surface area contributed by atoms with Crippen molar-refractivity contribution < 1.29 is 33.3 Å². The first-order valence-electron chi connectivity index (χ1n) is 7.58. The molecule has 26 heavy (non-hydrogen) atoms. The lowest BCUT2D eigenvalue weighted by molar-refractivity contribution is -0.0465. The van der Waals surface area contributed by atoms with E-state index < -0.39 is 39.3 Å². The minimum Gasteiger partial charge on any atom is -0.388 e. The third-order valence-corrected chi connectivity index (χ3v) is 7.81. The number of ether oxygens (including phenoxy) is 1. The van der Waals surface area contributed by atoms with Gasteiger partial charge in [-0.1, -0.05) is 0 Å². The fraction of sp³-hybridized carbons (Fsp3) is 0.583. The maximum Gasteiger partial charge on any atom is 0.337 e. The number of hydrogen-bond acceptors (Lipinski definition) is 9. The molecular formula is C12H19N5O7P2. The number of nitrogens with zero attached hydrogens (tertiary/aromatic N) is 4. The average Bonchev–Trinajstić information content (AvgIpc) is 3.07. The van der Waals surface area contributed by atoms with Crippen LogP contribution in [0, 0.1) is 0 Å². The molecule has 1 fully saturated rings. The van der Waals surface area contributed by atoms with E-state index in [-0.39, 0.29) is 18.8 Å². The van der Waals surface area contributed by atoms with Crippen molar-refractivity contribution in [2.75, 3.05) is 24.9 Å². The van der Waals surface area contributed by atoms with E-state index in [1.807, 2.05) is 0 Å². The van der Waals surface area contributed by atoms with Gasteiger partial charge in [0.1, 0.15) is 23.9 Å². The second-order valence-electron chi connectivity index (χ2n) is 6.16. The smallest absolute Gasteiger partial charge is 0.337 e. The molecule has 1 aliphatic heterocycles. The Morgan fingerprint density at radius 2 is 2.12 bits per heavy atom. The van der Waals surface area contributed by atoms with E-state index in [0.717, 1.165) is 6.66 Å². The predicted octanol–water partition coefficient (Wildman–Crippen LogP) is 0.117. The third kappa shape index (κ3) is 4.29. The fourth-order valence-electron chi connectivity index (χ4n) is 2.72. The highest BCUT2D eigenvalue weighted by Crippen LogP contribution is 2.55. The molecule has 3 rings (SSSR count). The lowest BCUT2D eigenvalue weighted by Gasteiger charge is -2.18. The molecule has 12 nitrogen and oxygen atoms in total. The van der Waals surface area contributed by atoms with E-state index in [1.54, 1.807) is 0 Å². The Balaban J connectivity index is 1.69. The molecule has 144 valence electrons. The number of aliphatic hydroxyl groups excluding tert-OH is 1. The molecule has 0 radical (unpaired) electrons. The van der Waals surface area contributed by atoms with Crippen LogP contribution in [0.1, 0.15) is 12.6 Å². The Hall–Kier alpha value is -1.39. The van der Waals surface area contributed by atoms with Gasteiger partial charge in [-0.2, -0.15) is 0 Å². The van der Waals surface area contributed by atoms with Crippen LogP contribution < -0.4 is 5.73 Å². The van der Waals surface area contributed by atoms with E-state index in [2.05, 4.69) is 15.0 Å². The summed E-state index contributed by atoms with van der Waals surface area (Å²) in [5.41, 5.74) is 6.47. The molecule has 0 amide bonds. The van der Waals surface area contributed by atoms with Crippen LogP contribution in [0.5, 0.6) is 0 Å². The van der Waals surface area contributed by atoms with Crippen LogP contribution in [0.2, 0.25) is 0 Å². The summed E-state index contributed by atoms with van der Waals surface area (Å²) >= 11 is 0. The third-order valence-electron chi connectivity index (χ3n) is 3.73. The van der Waals surface area contributed by atoms with Gasteiger partial charge in [0.2, 0.25) is 7.37 Å². The first kappa shape index (κ1) is 19.4. The Morgan fingerprint density at radius 3 is 2.81 bits per heavy atom. The lowest BCUT2D eigenvalue weighted by atomic mass is 10.2. The molecule has 3 unspecified atom stereocenters. The van der Waals surface area contributed by atoms with Crippen molar-refractivity contribution in [2.24, 2.45) is 0 Å². The van der Waals surface area contributed by atoms with E-state index in [1.165, 1.54) is 17.2 Å². The van der Waals surface area contributed by atoms with Gasteiger partial charge in [-0.3, -0.25) is 13.7 Å². The number of rotatable bonds is 6. The van der Waals surface area contributed by atoms with Gasteiger partial charge in [0.25, 0.3) is 0 Å². The first-order valence-corrected chi connectivity index (χ1v) is 11.6. The van der Waals surface area contributed by atoms with E-state index in [9.17, 15) is 24.0 Å². The van der Waals surface area contributed by atoms with Crippen LogP contribution in [0.3, 0.4) is 0 Å². The molecule has 1 aliphatic rings. The number of aliphatic hydroxyl groups is 1. The van der Waals surface area contributed by atoms with Gasteiger partial charge in [0, 0.05) is 13.1 Å². The summed E-state index contributed by atoms with van der Waals surface area (Å²) in [6, 6.07) is 0. The Morgan fingerprint density at radius 1 is 1.38 bits per heavy atom. The molecule has 2 aromatic rings. The van der Waals surface area contributed by atoms with Crippen molar-refractivity contribution in [3.8, 4) is 0 Å².